The average molecular weight is 330 g/mol. The summed E-state index contributed by atoms with van der Waals surface area (Å²) in [6.07, 6.45) is 0. The second-order valence-electron chi connectivity index (χ2n) is 4.41. The summed E-state index contributed by atoms with van der Waals surface area (Å²) in [6.45, 7) is 1.96. The zero-order chi connectivity index (χ0) is 14.1. The van der Waals surface area contributed by atoms with Crippen LogP contribution in [0.1, 0.15) is 5.56 Å². The zero-order valence-electron chi connectivity index (χ0n) is 10.8. The van der Waals surface area contributed by atoms with Gasteiger partial charge in [-0.25, -0.2) is 0 Å². The van der Waals surface area contributed by atoms with E-state index in [2.05, 4.69) is 31.5 Å². The Hall–Kier alpha value is -2.21. The normalized spacial score (nSPS) is 10.7. The summed E-state index contributed by atoms with van der Waals surface area (Å²) in [7, 11) is 0. The topological polar surface area (TPSA) is 69.6 Å². The second kappa shape index (κ2) is 5.05. The highest BCUT2D eigenvalue weighted by molar-refractivity contribution is 9.10. The molecule has 1 heterocycles. The van der Waals surface area contributed by atoms with E-state index in [9.17, 15) is 0 Å². The number of tetrazole rings is 1. The number of hydrogen-bond acceptors (Lipinski definition) is 4. The molecule has 0 aliphatic rings. The van der Waals surface area contributed by atoms with Gasteiger partial charge in [-0.3, -0.25) is 0 Å². The molecule has 2 N–H and O–H groups in total. The molecule has 0 spiro atoms. The molecule has 0 amide bonds. The lowest BCUT2D eigenvalue weighted by molar-refractivity contribution is 0.791. The fraction of sp³-hybridized carbons (Fsp3) is 0.0714. The number of aromatic nitrogens is 4. The van der Waals surface area contributed by atoms with Crippen LogP contribution in [0.3, 0.4) is 0 Å². The molecule has 5 nitrogen and oxygen atoms in total. The molecule has 0 fully saturated rings. The highest BCUT2D eigenvalue weighted by atomic mass is 79.9. The summed E-state index contributed by atoms with van der Waals surface area (Å²) < 4.78 is 2.71. The predicted octanol–water partition coefficient (Wildman–Crippen LogP) is 2.98. The Kier molecular flexibility index (Phi) is 3.23. The van der Waals surface area contributed by atoms with E-state index >= 15 is 0 Å². The van der Waals surface area contributed by atoms with E-state index in [0.717, 1.165) is 27.0 Å². The largest absolute Gasteiger partial charge is 0.398 e. The van der Waals surface area contributed by atoms with Gasteiger partial charge in [0, 0.05) is 15.7 Å². The monoisotopic (exact) mass is 329 g/mol. The van der Waals surface area contributed by atoms with E-state index < -0.39 is 0 Å². The molecule has 0 bridgehead atoms. The molecule has 20 heavy (non-hydrogen) atoms. The molecule has 0 aliphatic heterocycles. The van der Waals surface area contributed by atoms with Crippen molar-refractivity contribution in [1.29, 1.82) is 0 Å². The molecular weight excluding hydrogens is 318 g/mol. The standard InChI is InChI=1S/C14H12BrN5/c1-9-12(3-2-4-13(9)16)14-17-18-19-20(14)11-7-5-10(15)6-8-11/h2-8H,16H2,1H3. The quantitative estimate of drug-likeness (QED) is 0.734. The van der Waals surface area contributed by atoms with E-state index in [0.29, 0.717) is 5.82 Å². The first-order valence-electron chi connectivity index (χ1n) is 6.06. The van der Waals surface area contributed by atoms with Gasteiger partial charge >= 0.3 is 0 Å². The Balaban J connectivity index is 2.15. The predicted molar refractivity (Wildman–Crippen MR) is 81.4 cm³/mol. The summed E-state index contributed by atoms with van der Waals surface area (Å²) in [5.41, 5.74) is 9.48. The summed E-state index contributed by atoms with van der Waals surface area (Å²) in [5, 5.41) is 12.0. The van der Waals surface area contributed by atoms with Crippen molar-refractivity contribution in [3.05, 3.63) is 52.5 Å². The molecule has 0 saturated carbocycles. The van der Waals surface area contributed by atoms with Gasteiger partial charge in [0.15, 0.2) is 5.82 Å². The van der Waals surface area contributed by atoms with E-state index in [1.54, 1.807) is 4.68 Å². The maximum Gasteiger partial charge on any atom is 0.187 e. The van der Waals surface area contributed by atoms with Crippen LogP contribution in [0.2, 0.25) is 0 Å². The van der Waals surface area contributed by atoms with Crippen LogP contribution in [0.15, 0.2) is 46.9 Å². The maximum absolute atomic E-state index is 5.95. The minimum Gasteiger partial charge on any atom is -0.398 e. The van der Waals surface area contributed by atoms with Crippen LogP contribution in [0, 0.1) is 6.92 Å². The summed E-state index contributed by atoms with van der Waals surface area (Å²) in [5.74, 6) is 0.678. The Morgan fingerprint density at radius 1 is 1.10 bits per heavy atom. The minimum atomic E-state index is 0.678. The second-order valence-corrected chi connectivity index (χ2v) is 5.33. The Bertz CT molecular complexity index is 749. The molecule has 2 aromatic carbocycles. The van der Waals surface area contributed by atoms with E-state index in [1.807, 2.05) is 49.4 Å². The fourth-order valence-corrected chi connectivity index (χ4v) is 2.27. The molecule has 0 unspecified atom stereocenters. The number of nitrogens with two attached hydrogens (primary N) is 1. The Morgan fingerprint density at radius 2 is 1.85 bits per heavy atom. The van der Waals surface area contributed by atoms with Crippen LogP contribution >= 0.6 is 15.9 Å². The molecule has 0 atom stereocenters. The Morgan fingerprint density at radius 3 is 2.60 bits per heavy atom. The Labute approximate surface area is 124 Å². The first-order valence-corrected chi connectivity index (χ1v) is 6.86. The van der Waals surface area contributed by atoms with Gasteiger partial charge in [-0.2, -0.15) is 4.68 Å². The maximum atomic E-state index is 5.95. The smallest absolute Gasteiger partial charge is 0.187 e. The molecule has 100 valence electrons. The fourth-order valence-electron chi connectivity index (χ4n) is 2.01. The highest BCUT2D eigenvalue weighted by Gasteiger charge is 2.13. The molecule has 3 rings (SSSR count). The van der Waals surface area contributed by atoms with Gasteiger partial charge in [0.25, 0.3) is 0 Å². The minimum absolute atomic E-state index is 0.678. The van der Waals surface area contributed by atoms with Crippen LogP contribution in [0.25, 0.3) is 17.1 Å². The lowest BCUT2D eigenvalue weighted by Crippen LogP contribution is -2.01. The molecular formula is C14H12BrN5. The van der Waals surface area contributed by atoms with Crippen LogP contribution in [0.5, 0.6) is 0 Å². The number of nitrogen functional groups attached to an aromatic ring is 1. The summed E-state index contributed by atoms with van der Waals surface area (Å²) in [4.78, 5) is 0. The van der Waals surface area contributed by atoms with Crippen molar-refractivity contribution >= 4 is 21.6 Å². The van der Waals surface area contributed by atoms with Crippen molar-refractivity contribution in [2.45, 2.75) is 6.92 Å². The third-order valence-corrected chi connectivity index (χ3v) is 3.69. The number of nitrogens with zero attached hydrogens (tertiary/aromatic N) is 4. The van der Waals surface area contributed by atoms with Gasteiger partial charge in [0.1, 0.15) is 0 Å². The number of halogens is 1. The molecule has 0 saturated heterocycles. The summed E-state index contributed by atoms with van der Waals surface area (Å²) in [6, 6.07) is 13.5. The lowest BCUT2D eigenvalue weighted by atomic mass is 10.1. The van der Waals surface area contributed by atoms with Crippen molar-refractivity contribution in [1.82, 2.24) is 20.2 Å². The van der Waals surface area contributed by atoms with Gasteiger partial charge in [-0.1, -0.05) is 28.1 Å². The van der Waals surface area contributed by atoms with Gasteiger partial charge in [0.05, 0.1) is 5.69 Å². The number of benzene rings is 2. The van der Waals surface area contributed by atoms with Gasteiger partial charge < -0.3 is 5.73 Å². The van der Waals surface area contributed by atoms with Crippen molar-refractivity contribution < 1.29 is 0 Å². The lowest BCUT2D eigenvalue weighted by Gasteiger charge is -2.08. The van der Waals surface area contributed by atoms with Gasteiger partial charge in [-0.15, -0.1) is 5.10 Å². The van der Waals surface area contributed by atoms with Crippen LogP contribution < -0.4 is 5.73 Å². The van der Waals surface area contributed by atoms with E-state index in [-0.39, 0.29) is 0 Å². The van der Waals surface area contributed by atoms with Crippen LogP contribution in [0.4, 0.5) is 5.69 Å². The molecule has 0 radical (unpaired) electrons. The number of hydrogen-bond donors (Lipinski definition) is 1. The SMILES string of the molecule is Cc1c(N)cccc1-c1nnnn1-c1ccc(Br)cc1. The van der Waals surface area contributed by atoms with E-state index in [1.165, 1.54) is 0 Å². The van der Waals surface area contributed by atoms with E-state index in [4.69, 9.17) is 5.73 Å². The van der Waals surface area contributed by atoms with Gasteiger partial charge in [0.2, 0.25) is 0 Å². The molecule has 1 aromatic heterocycles. The molecule has 6 heteroatoms. The average Bonchev–Trinajstić information content (AvgIpc) is 2.92. The number of anilines is 1. The van der Waals surface area contributed by atoms with Crippen molar-refractivity contribution in [2.75, 3.05) is 5.73 Å². The van der Waals surface area contributed by atoms with Crippen LogP contribution in [-0.4, -0.2) is 20.2 Å². The third kappa shape index (κ3) is 2.18. The third-order valence-electron chi connectivity index (χ3n) is 3.16. The van der Waals surface area contributed by atoms with Gasteiger partial charge in [-0.05, 0) is 53.2 Å². The van der Waals surface area contributed by atoms with Crippen LogP contribution in [-0.2, 0) is 0 Å². The zero-order valence-corrected chi connectivity index (χ0v) is 12.4. The molecule has 0 aliphatic carbocycles. The first-order chi connectivity index (χ1) is 9.66. The molecule has 3 aromatic rings. The summed E-state index contributed by atoms with van der Waals surface area (Å²) >= 11 is 3.42. The van der Waals surface area contributed by atoms with Crippen molar-refractivity contribution in [3.8, 4) is 17.1 Å². The first kappa shape index (κ1) is 12.8. The highest BCUT2D eigenvalue weighted by Crippen LogP contribution is 2.26. The van der Waals surface area contributed by atoms with Crippen molar-refractivity contribution in [3.63, 3.8) is 0 Å². The van der Waals surface area contributed by atoms with Crippen molar-refractivity contribution in [2.24, 2.45) is 0 Å². The number of rotatable bonds is 2.